The maximum absolute atomic E-state index is 12.8. The third-order valence-electron chi connectivity index (χ3n) is 2.90. The number of hydrogen-bond donors (Lipinski definition) is 1. The summed E-state index contributed by atoms with van der Waals surface area (Å²) >= 11 is 0. The standard InChI is InChI=1S/C12H7F3N2O3/c1-19-6-4-2-3-5-8-7(11(18)20-9(5)6)10(17-16-8)12(13,14)15/h2-4H,1H3,(H,16,17). The van der Waals surface area contributed by atoms with Crippen LogP contribution in [0.15, 0.2) is 27.4 Å². The van der Waals surface area contributed by atoms with Crippen molar-refractivity contribution in [1.29, 1.82) is 0 Å². The Balaban J connectivity index is 2.52. The highest BCUT2D eigenvalue weighted by Gasteiger charge is 2.37. The van der Waals surface area contributed by atoms with E-state index < -0.39 is 22.9 Å². The van der Waals surface area contributed by atoms with Gasteiger partial charge < -0.3 is 9.15 Å². The van der Waals surface area contributed by atoms with Gasteiger partial charge in [-0.25, -0.2) is 4.79 Å². The molecule has 20 heavy (non-hydrogen) atoms. The van der Waals surface area contributed by atoms with Gasteiger partial charge in [0.2, 0.25) is 0 Å². The first kappa shape index (κ1) is 12.5. The summed E-state index contributed by atoms with van der Waals surface area (Å²) < 4.78 is 48.4. The zero-order chi connectivity index (χ0) is 14.5. The van der Waals surface area contributed by atoms with Gasteiger partial charge in [-0.2, -0.15) is 18.3 Å². The number of nitrogens with one attached hydrogen (secondary N) is 1. The third kappa shape index (κ3) is 1.64. The van der Waals surface area contributed by atoms with Crippen molar-refractivity contribution in [2.45, 2.75) is 6.18 Å². The molecule has 1 aromatic carbocycles. The zero-order valence-corrected chi connectivity index (χ0v) is 10.0. The van der Waals surface area contributed by atoms with Gasteiger partial charge in [-0.1, -0.05) is 6.07 Å². The molecule has 0 amide bonds. The number of benzene rings is 1. The molecule has 8 heteroatoms. The minimum atomic E-state index is -4.71. The summed E-state index contributed by atoms with van der Waals surface area (Å²) in [7, 11) is 1.37. The molecule has 0 unspecified atom stereocenters. The quantitative estimate of drug-likeness (QED) is 0.698. The lowest BCUT2D eigenvalue weighted by atomic mass is 10.1. The molecule has 104 valence electrons. The number of H-pyrrole nitrogens is 1. The van der Waals surface area contributed by atoms with Crippen LogP contribution in [0.25, 0.3) is 21.9 Å². The van der Waals surface area contributed by atoms with E-state index in [1.807, 2.05) is 5.10 Å². The van der Waals surface area contributed by atoms with Gasteiger partial charge in [-0.15, -0.1) is 0 Å². The molecule has 2 aromatic heterocycles. The van der Waals surface area contributed by atoms with Crippen LogP contribution in [0.4, 0.5) is 13.2 Å². The first-order valence-corrected chi connectivity index (χ1v) is 5.48. The number of aromatic amines is 1. The number of halogens is 3. The Kier molecular flexibility index (Phi) is 2.50. The van der Waals surface area contributed by atoms with Gasteiger partial charge >= 0.3 is 11.8 Å². The van der Waals surface area contributed by atoms with E-state index in [1.54, 1.807) is 6.07 Å². The monoisotopic (exact) mass is 284 g/mol. The molecule has 0 spiro atoms. The van der Waals surface area contributed by atoms with Crippen LogP contribution < -0.4 is 10.4 Å². The summed E-state index contributed by atoms with van der Waals surface area (Å²) in [6, 6.07) is 4.61. The molecule has 0 saturated heterocycles. The fourth-order valence-electron chi connectivity index (χ4n) is 2.05. The average Bonchev–Trinajstić information content (AvgIpc) is 2.84. The van der Waals surface area contributed by atoms with E-state index in [-0.39, 0.29) is 22.2 Å². The summed E-state index contributed by atoms with van der Waals surface area (Å²) in [6.45, 7) is 0. The van der Waals surface area contributed by atoms with Crippen molar-refractivity contribution in [2.24, 2.45) is 0 Å². The molecule has 3 aromatic rings. The van der Waals surface area contributed by atoms with Crippen LogP contribution in [-0.2, 0) is 6.18 Å². The van der Waals surface area contributed by atoms with Crippen LogP contribution in [0.1, 0.15) is 5.69 Å². The van der Waals surface area contributed by atoms with E-state index in [2.05, 4.69) is 5.10 Å². The lowest BCUT2D eigenvalue weighted by Gasteiger charge is -2.05. The smallest absolute Gasteiger partial charge is 0.433 e. The van der Waals surface area contributed by atoms with Crippen molar-refractivity contribution in [2.75, 3.05) is 7.11 Å². The second-order valence-corrected chi connectivity index (χ2v) is 4.05. The minimum Gasteiger partial charge on any atom is -0.493 e. The lowest BCUT2D eigenvalue weighted by molar-refractivity contribution is -0.140. The first-order chi connectivity index (χ1) is 9.43. The lowest BCUT2D eigenvalue weighted by Crippen LogP contribution is -2.10. The molecule has 3 rings (SSSR count). The number of fused-ring (bicyclic) bond motifs is 3. The van der Waals surface area contributed by atoms with Gasteiger partial charge in [0.1, 0.15) is 10.9 Å². The molecule has 0 aliphatic carbocycles. The van der Waals surface area contributed by atoms with E-state index in [4.69, 9.17) is 9.15 Å². The predicted molar refractivity (Wildman–Crippen MR) is 63.7 cm³/mol. The fourth-order valence-corrected chi connectivity index (χ4v) is 2.05. The Labute approximate surface area is 108 Å². The Hall–Kier alpha value is -2.51. The Bertz CT molecular complexity index is 864. The molecule has 2 heterocycles. The van der Waals surface area contributed by atoms with E-state index in [0.717, 1.165) is 0 Å². The van der Waals surface area contributed by atoms with Crippen LogP contribution in [0.2, 0.25) is 0 Å². The molecule has 1 N–H and O–H groups in total. The highest BCUT2D eigenvalue weighted by molar-refractivity contribution is 6.04. The molecule has 0 saturated carbocycles. The largest absolute Gasteiger partial charge is 0.493 e. The van der Waals surface area contributed by atoms with E-state index >= 15 is 0 Å². The molecular weight excluding hydrogens is 277 g/mol. The number of hydrogen-bond acceptors (Lipinski definition) is 4. The summed E-state index contributed by atoms with van der Waals surface area (Å²) in [5.41, 5.74) is -2.36. The second-order valence-electron chi connectivity index (χ2n) is 4.05. The van der Waals surface area contributed by atoms with Crippen molar-refractivity contribution in [3.63, 3.8) is 0 Å². The number of ether oxygens (including phenoxy) is 1. The predicted octanol–water partition coefficient (Wildman–Crippen LogP) is 2.70. The maximum Gasteiger partial charge on any atom is 0.433 e. The molecule has 0 aliphatic rings. The second kappa shape index (κ2) is 3.99. The summed E-state index contributed by atoms with van der Waals surface area (Å²) in [5, 5.41) is 5.09. The highest BCUT2D eigenvalue weighted by atomic mass is 19.4. The van der Waals surface area contributed by atoms with Crippen molar-refractivity contribution in [1.82, 2.24) is 10.2 Å². The molecule has 0 bridgehead atoms. The van der Waals surface area contributed by atoms with E-state index in [9.17, 15) is 18.0 Å². The maximum atomic E-state index is 12.8. The Morgan fingerprint density at radius 3 is 2.75 bits per heavy atom. The number of methoxy groups -OCH3 is 1. The fraction of sp³-hybridized carbons (Fsp3) is 0.167. The molecule has 0 fully saturated rings. The highest BCUT2D eigenvalue weighted by Crippen LogP contribution is 2.35. The van der Waals surface area contributed by atoms with Crippen LogP contribution in [-0.4, -0.2) is 17.3 Å². The summed E-state index contributed by atoms with van der Waals surface area (Å²) in [4.78, 5) is 11.8. The molecule has 5 nitrogen and oxygen atoms in total. The van der Waals surface area contributed by atoms with Crippen LogP contribution in [0.5, 0.6) is 5.75 Å². The van der Waals surface area contributed by atoms with Crippen molar-refractivity contribution in [3.8, 4) is 5.75 Å². The molecule has 0 aliphatic heterocycles. The number of para-hydroxylation sites is 1. The topological polar surface area (TPSA) is 68.1 Å². The van der Waals surface area contributed by atoms with Gasteiger partial charge in [0.15, 0.2) is 17.0 Å². The number of aromatic nitrogens is 2. The van der Waals surface area contributed by atoms with Crippen molar-refractivity contribution in [3.05, 3.63) is 34.3 Å². The first-order valence-electron chi connectivity index (χ1n) is 5.48. The Morgan fingerprint density at radius 1 is 1.35 bits per heavy atom. The minimum absolute atomic E-state index is 0.0627. The van der Waals surface area contributed by atoms with Gasteiger partial charge in [0.05, 0.1) is 7.11 Å². The summed E-state index contributed by atoms with van der Waals surface area (Å²) in [6.07, 6.45) is -4.71. The van der Waals surface area contributed by atoms with Gasteiger partial charge in [0, 0.05) is 5.39 Å². The van der Waals surface area contributed by atoms with Crippen molar-refractivity contribution < 1.29 is 22.3 Å². The van der Waals surface area contributed by atoms with Crippen molar-refractivity contribution >= 4 is 21.9 Å². The third-order valence-corrected chi connectivity index (χ3v) is 2.90. The van der Waals surface area contributed by atoms with Crippen LogP contribution in [0.3, 0.4) is 0 Å². The van der Waals surface area contributed by atoms with Gasteiger partial charge in [-0.05, 0) is 12.1 Å². The number of alkyl halides is 3. The molecular formula is C12H7F3N2O3. The molecule has 0 radical (unpaired) electrons. The number of nitrogens with zero attached hydrogens (tertiary/aromatic N) is 1. The van der Waals surface area contributed by atoms with Crippen LogP contribution >= 0.6 is 0 Å². The number of rotatable bonds is 1. The van der Waals surface area contributed by atoms with Crippen LogP contribution in [0, 0.1) is 0 Å². The Morgan fingerprint density at radius 2 is 2.10 bits per heavy atom. The zero-order valence-electron chi connectivity index (χ0n) is 10.0. The van der Waals surface area contributed by atoms with E-state index in [0.29, 0.717) is 0 Å². The van der Waals surface area contributed by atoms with Gasteiger partial charge in [0.25, 0.3) is 0 Å². The van der Waals surface area contributed by atoms with Gasteiger partial charge in [-0.3, -0.25) is 5.10 Å². The summed E-state index contributed by atoms with van der Waals surface area (Å²) in [5.74, 6) is 0.248. The molecule has 0 atom stereocenters. The normalized spacial score (nSPS) is 12.2. The van der Waals surface area contributed by atoms with E-state index in [1.165, 1.54) is 19.2 Å². The SMILES string of the molecule is COc1cccc2c1oc(=O)c1c(C(F)(F)F)[nH]nc12. The average molecular weight is 284 g/mol.